The Labute approximate surface area is 110 Å². The smallest absolute Gasteiger partial charge is 0.313 e. The van der Waals surface area contributed by atoms with Crippen molar-refractivity contribution in [2.75, 3.05) is 11.9 Å². The van der Waals surface area contributed by atoms with Crippen molar-refractivity contribution >= 4 is 29.3 Å². The Morgan fingerprint density at radius 1 is 1.28 bits per heavy atom. The molecule has 94 valence electrons. The molecule has 0 aliphatic rings. The molecular weight excluding hydrogens is 250 g/mol. The molecule has 18 heavy (non-hydrogen) atoms. The highest BCUT2D eigenvalue weighted by Gasteiger charge is 2.12. The Bertz CT molecular complexity index is 465. The van der Waals surface area contributed by atoms with E-state index in [4.69, 9.17) is 5.26 Å². The molecule has 0 heterocycles. The van der Waals surface area contributed by atoms with Crippen LogP contribution in [0.4, 0.5) is 5.69 Å². The summed E-state index contributed by atoms with van der Waals surface area (Å²) in [5, 5.41) is 15.4. The van der Waals surface area contributed by atoms with Crippen LogP contribution in [-0.2, 0) is 9.59 Å². The number of amides is 2. The number of benzene rings is 1. The van der Waals surface area contributed by atoms with Gasteiger partial charge in [0.1, 0.15) is 5.40 Å². The van der Waals surface area contributed by atoms with Gasteiger partial charge in [0.25, 0.3) is 0 Å². The van der Waals surface area contributed by atoms with Gasteiger partial charge in [-0.05, 0) is 42.4 Å². The number of carbonyl (C=O) groups excluding carboxylic acids is 2. The summed E-state index contributed by atoms with van der Waals surface area (Å²) in [6.07, 6.45) is 0.777. The zero-order chi connectivity index (χ0) is 13.4. The highest BCUT2D eigenvalue weighted by Crippen LogP contribution is 2.18. The number of hydrogen-bond donors (Lipinski definition) is 2. The maximum absolute atomic E-state index is 11.4. The molecular formula is C12H13N3O2S. The minimum absolute atomic E-state index is 0.476. The number of nitriles is 1. The first-order valence-corrected chi connectivity index (χ1v) is 6.24. The predicted octanol–water partition coefficient (Wildman–Crippen LogP) is 1.72. The molecule has 0 radical (unpaired) electrons. The van der Waals surface area contributed by atoms with Crippen LogP contribution in [0.5, 0.6) is 0 Å². The Morgan fingerprint density at radius 3 is 2.50 bits per heavy atom. The van der Waals surface area contributed by atoms with Gasteiger partial charge >= 0.3 is 11.8 Å². The minimum atomic E-state index is -0.691. The van der Waals surface area contributed by atoms with Gasteiger partial charge in [-0.1, -0.05) is 6.92 Å². The predicted molar refractivity (Wildman–Crippen MR) is 69.8 cm³/mol. The monoisotopic (exact) mass is 263 g/mol. The van der Waals surface area contributed by atoms with Crippen molar-refractivity contribution in [1.29, 1.82) is 5.26 Å². The van der Waals surface area contributed by atoms with E-state index in [1.54, 1.807) is 24.3 Å². The molecule has 6 heteroatoms. The fraction of sp³-hybridized carbons (Fsp3) is 0.250. The Balaban J connectivity index is 2.54. The average molecular weight is 263 g/mol. The molecule has 0 saturated carbocycles. The highest BCUT2D eigenvalue weighted by molar-refractivity contribution is 8.03. The third-order valence-corrected chi connectivity index (χ3v) is 2.62. The van der Waals surface area contributed by atoms with Crippen LogP contribution in [0.3, 0.4) is 0 Å². The number of rotatable bonds is 4. The molecule has 2 amide bonds. The van der Waals surface area contributed by atoms with E-state index in [1.807, 2.05) is 12.3 Å². The van der Waals surface area contributed by atoms with Gasteiger partial charge in [-0.3, -0.25) is 9.59 Å². The SMILES string of the molecule is CCCNC(=O)C(=O)Nc1ccc(SC#N)cc1. The van der Waals surface area contributed by atoms with Crippen molar-refractivity contribution in [2.24, 2.45) is 0 Å². The van der Waals surface area contributed by atoms with Gasteiger partial charge in [-0.25, -0.2) is 0 Å². The fourth-order valence-corrected chi connectivity index (χ4v) is 1.54. The Hall–Kier alpha value is -2.00. The van der Waals surface area contributed by atoms with Gasteiger partial charge in [-0.2, -0.15) is 5.26 Å². The zero-order valence-corrected chi connectivity index (χ0v) is 10.7. The molecule has 0 fully saturated rings. The van der Waals surface area contributed by atoms with Crippen molar-refractivity contribution < 1.29 is 9.59 Å². The largest absolute Gasteiger partial charge is 0.348 e. The number of carbonyl (C=O) groups is 2. The molecule has 0 unspecified atom stereocenters. The molecule has 0 bridgehead atoms. The van der Waals surface area contributed by atoms with Gasteiger partial charge in [-0.15, -0.1) is 0 Å². The van der Waals surface area contributed by atoms with E-state index in [0.29, 0.717) is 12.2 Å². The van der Waals surface area contributed by atoms with E-state index >= 15 is 0 Å². The lowest BCUT2D eigenvalue weighted by molar-refractivity contribution is -0.136. The Morgan fingerprint density at radius 2 is 1.94 bits per heavy atom. The quantitative estimate of drug-likeness (QED) is 0.492. The second-order valence-corrected chi connectivity index (χ2v) is 4.29. The van der Waals surface area contributed by atoms with E-state index in [1.165, 1.54) is 0 Å². The topological polar surface area (TPSA) is 82.0 Å². The van der Waals surface area contributed by atoms with Crippen LogP contribution in [0.1, 0.15) is 13.3 Å². The second kappa shape index (κ2) is 7.35. The number of thiocyanates is 1. The van der Waals surface area contributed by atoms with Crippen LogP contribution in [0.25, 0.3) is 0 Å². The summed E-state index contributed by atoms with van der Waals surface area (Å²) in [5.41, 5.74) is 0.522. The second-order valence-electron chi connectivity index (χ2n) is 3.43. The molecule has 0 spiro atoms. The number of nitrogens with zero attached hydrogens (tertiary/aromatic N) is 1. The van der Waals surface area contributed by atoms with Crippen LogP contribution in [-0.4, -0.2) is 18.4 Å². The molecule has 0 aromatic heterocycles. The lowest BCUT2D eigenvalue weighted by Crippen LogP contribution is -2.35. The number of anilines is 1. The zero-order valence-electron chi connectivity index (χ0n) is 9.90. The van der Waals surface area contributed by atoms with Gasteiger partial charge in [0, 0.05) is 17.1 Å². The molecule has 2 N–H and O–H groups in total. The van der Waals surface area contributed by atoms with Crippen molar-refractivity contribution in [3.05, 3.63) is 24.3 Å². The van der Waals surface area contributed by atoms with Crippen LogP contribution < -0.4 is 10.6 Å². The number of thioether (sulfide) groups is 1. The van der Waals surface area contributed by atoms with Crippen molar-refractivity contribution in [3.63, 3.8) is 0 Å². The Kier molecular flexibility index (Phi) is 5.74. The number of hydrogen-bond acceptors (Lipinski definition) is 4. The summed E-state index contributed by atoms with van der Waals surface area (Å²) in [6.45, 7) is 2.38. The van der Waals surface area contributed by atoms with Crippen molar-refractivity contribution in [1.82, 2.24) is 5.32 Å². The van der Waals surface area contributed by atoms with Gasteiger partial charge in [0.2, 0.25) is 0 Å². The first kappa shape index (κ1) is 14.1. The first-order chi connectivity index (χ1) is 8.67. The summed E-state index contributed by atoms with van der Waals surface area (Å²) in [4.78, 5) is 23.5. The maximum atomic E-state index is 11.4. The van der Waals surface area contributed by atoms with E-state index in [0.717, 1.165) is 23.1 Å². The van der Waals surface area contributed by atoms with E-state index in [2.05, 4.69) is 10.6 Å². The highest BCUT2D eigenvalue weighted by atomic mass is 32.2. The normalized spacial score (nSPS) is 9.33. The van der Waals surface area contributed by atoms with Crippen molar-refractivity contribution in [3.8, 4) is 5.40 Å². The first-order valence-electron chi connectivity index (χ1n) is 5.42. The van der Waals surface area contributed by atoms with Gasteiger partial charge < -0.3 is 10.6 Å². The fourth-order valence-electron chi connectivity index (χ4n) is 1.17. The molecule has 0 aliphatic heterocycles. The van der Waals surface area contributed by atoms with Gasteiger partial charge in [0.05, 0.1) is 0 Å². The third kappa shape index (κ3) is 4.47. The molecule has 1 rings (SSSR count). The summed E-state index contributed by atoms with van der Waals surface area (Å²) in [6, 6.07) is 6.69. The van der Waals surface area contributed by atoms with Crippen molar-refractivity contribution in [2.45, 2.75) is 18.2 Å². The van der Waals surface area contributed by atoms with Crippen LogP contribution in [0.2, 0.25) is 0 Å². The minimum Gasteiger partial charge on any atom is -0.348 e. The van der Waals surface area contributed by atoms with Crippen LogP contribution in [0, 0.1) is 10.7 Å². The molecule has 0 aliphatic carbocycles. The van der Waals surface area contributed by atoms with Crippen LogP contribution in [0.15, 0.2) is 29.2 Å². The maximum Gasteiger partial charge on any atom is 0.313 e. The third-order valence-electron chi connectivity index (χ3n) is 2.02. The summed E-state index contributed by atoms with van der Waals surface area (Å²) >= 11 is 1.03. The summed E-state index contributed by atoms with van der Waals surface area (Å²) < 4.78 is 0. The molecule has 1 aromatic carbocycles. The van der Waals surface area contributed by atoms with E-state index < -0.39 is 11.8 Å². The van der Waals surface area contributed by atoms with E-state index in [-0.39, 0.29) is 0 Å². The molecule has 0 atom stereocenters. The molecule has 5 nitrogen and oxygen atoms in total. The van der Waals surface area contributed by atoms with Crippen LogP contribution >= 0.6 is 11.8 Å². The lowest BCUT2D eigenvalue weighted by atomic mass is 10.3. The van der Waals surface area contributed by atoms with E-state index in [9.17, 15) is 9.59 Å². The molecule has 1 aromatic rings. The lowest BCUT2D eigenvalue weighted by Gasteiger charge is -2.05. The molecule has 0 saturated heterocycles. The number of nitrogens with one attached hydrogen (secondary N) is 2. The standard InChI is InChI=1S/C12H13N3O2S/c1-2-7-14-11(16)12(17)15-9-3-5-10(6-4-9)18-8-13/h3-6H,2,7H2,1H3,(H,14,16)(H,15,17). The average Bonchev–Trinajstić information content (AvgIpc) is 2.38. The van der Waals surface area contributed by atoms with Gasteiger partial charge in [0.15, 0.2) is 0 Å². The summed E-state index contributed by atoms with van der Waals surface area (Å²) in [5.74, 6) is -1.34. The summed E-state index contributed by atoms with van der Waals surface area (Å²) in [7, 11) is 0.